The van der Waals surface area contributed by atoms with Gasteiger partial charge in [-0.1, -0.05) is 0 Å². The number of rotatable bonds is 4. The van der Waals surface area contributed by atoms with Gasteiger partial charge in [0.25, 0.3) is 0 Å². The van der Waals surface area contributed by atoms with Gasteiger partial charge in [0.2, 0.25) is 0 Å². The predicted octanol–water partition coefficient (Wildman–Crippen LogP) is 1.59. The summed E-state index contributed by atoms with van der Waals surface area (Å²) in [6, 6.07) is 5.21. The van der Waals surface area contributed by atoms with Crippen LogP contribution in [0.5, 0.6) is 11.5 Å². The minimum Gasteiger partial charge on any atom is -0.493 e. The molecule has 4 heteroatoms. The Morgan fingerprint density at radius 3 is 2.82 bits per heavy atom. The number of carbonyl (C=O) groups is 1. The minimum absolute atomic E-state index is 0.177. The Morgan fingerprint density at radius 2 is 2.24 bits per heavy atom. The van der Waals surface area contributed by atoms with E-state index in [2.05, 4.69) is 11.9 Å². The van der Waals surface area contributed by atoms with Gasteiger partial charge < -0.3 is 14.4 Å². The molecule has 92 valence electrons. The van der Waals surface area contributed by atoms with Crippen LogP contribution in [0, 0.1) is 0 Å². The molecule has 2 rings (SSSR count). The van der Waals surface area contributed by atoms with Crippen LogP contribution in [0.25, 0.3) is 0 Å². The maximum atomic E-state index is 10.7. The van der Waals surface area contributed by atoms with Crippen LogP contribution in [0.4, 0.5) is 0 Å². The van der Waals surface area contributed by atoms with Crippen molar-refractivity contribution >= 4 is 6.29 Å². The van der Waals surface area contributed by atoms with Gasteiger partial charge in [-0.3, -0.25) is 4.79 Å². The number of ether oxygens (including phenoxy) is 2. The van der Waals surface area contributed by atoms with E-state index in [0.717, 1.165) is 25.8 Å². The summed E-state index contributed by atoms with van der Waals surface area (Å²) in [4.78, 5) is 13.0. The fraction of sp³-hybridized carbons (Fsp3) is 0.462. The normalized spacial score (nSPS) is 20.2. The van der Waals surface area contributed by atoms with Gasteiger partial charge in [-0.2, -0.15) is 0 Å². The fourth-order valence-corrected chi connectivity index (χ4v) is 2.03. The van der Waals surface area contributed by atoms with Gasteiger partial charge in [0.1, 0.15) is 12.4 Å². The fourth-order valence-electron chi connectivity index (χ4n) is 2.03. The summed E-state index contributed by atoms with van der Waals surface area (Å²) in [6.45, 7) is 1.95. The average Bonchev–Trinajstić information content (AvgIpc) is 2.74. The Balaban J connectivity index is 2.15. The highest BCUT2D eigenvalue weighted by atomic mass is 16.5. The van der Waals surface area contributed by atoms with Crippen LogP contribution in [0.2, 0.25) is 0 Å². The molecule has 0 aromatic heterocycles. The van der Waals surface area contributed by atoms with Gasteiger partial charge >= 0.3 is 0 Å². The molecule has 1 saturated heterocycles. The number of benzene rings is 1. The third-order valence-corrected chi connectivity index (χ3v) is 2.97. The van der Waals surface area contributed by atoms with Crippen LogP contribution in [-0.4, -0.2) is 44.5 Å². The minimum atomic E-state index is 0.177. The highest BCUT2D eigenvalue weighted by Gasteiger charge is 2.22. The molecule has 0 bridgehead atoms. The van der Waals surface area contributed by atoms with E-state index in [4.69, 9.17) is 9.47 Å². The van der Waals surface area contributed by atoms with E-state index in [-0.39, 0.29) is 6.10 Å². The summed E-state index contributed by atoms with van der Waals surface area (Å²) >= 11 is 0. The quantitative estimate of drug-likeness (QED) is 0.743. The molecule has 0 spiro atoms. The maximum Gasteiger partial charge on any atom is 0.162 e. The van der Waals surface area contributed by atoms with Crippen molar-refractivity contribution in [3.8, 4) is 11.5 Å². The molecule has 1 atom stereocenters. The lowest BCUT2D eigenvalue weighted by atomic mass is 10.2. The first-order chi connectivity index (χ1) is 8.22. The standard InChI is InChI=1S/C13H17NO3/c1-14-6-5-11(8-14)17-13-7-10(9-15)3-4-12(13)16-2/h3-4,7,9,11H,5-6,8H2,1-2H3. The summed E-state index contributed by atoms with van der Waals surface area (Å²) in [7, 11) is 3.67. The van der Waals surface area contributed by atoms with Crippen molar-refractivity contribution < 1.29 is 14.3 Å². The molecule has 0 amide bonds. The second-order valence-electron chi connectivity index (χ2n) is 4.32. The van der Waals surface area contributed by atoms with Crippen LogP contribution in [-0.2, 0) is 0 Å². The van der Waals surface area contributed by atoms with Crippen molar-refractivity contribution in [2.75, 3.05) is 27.2 Å². The Kier molecular flexibility index (Phi) is 3.64. The highest BCUT2D eigenvalue weighted by molar-refractivity contribution is 5.76. The van der Waals surface area contributed by atoms with Crippen LogP contribution in [0.3, 0.4) is 0 Å². The Bertz CT molecular complexity index is 406. The highest BCUT2D eigenvalue weighted by Crippen LogP contribution is 2.29. The van der Waals surface area contributed by atoms with Gasteiger partial charge in [0.15, 0.2) is 11.5 Å². The first-order valence-electron chi connectivity index (χ1n) is 5.71. The molecule has 1 aromatic rings. The van der Waals surface area contributed by atoms with Crippen molar-refractivity contribution in [2.45, 2.75) is 12.5 Å². The van der Waals surface area contributed by atoms with Crippen molar-refractivity contribution in [2.24, 2.45) is 0 Å². The number of hydrogen-bond acceptors (Lipinski definition) is 4. The number of aldehydes is 1. The molecule has 4 nitrogen and oxygen atoms in total. The molecule has 1 fully saturated rings. The zero-order chi connectivity index (χ0) is 12.3. The van der Waals surface area contributed by atoms with Gasteiger partial charge in [-0.05, 0) is 31.7 Å². The summed E-state index contributed by atoms with van der Waals surface area (Å²) < 4.78 is 11.1. The van der Waals surface area contributed by atoms with Crippen molar-refractivity contribution in [1.82, 2.24) is 4.90 Å². The molecule has 1 aromatic carbocycles. The lowest BCUT2D eigenvalue weighted by Gasteiger charge is -2.16. The zero-order valence-electron chi connectivity index (χ0n) is 10.2. The first kappa shape index (κ1) is 11.9. The van der Waals surface area contributed by atoms with Gasteiger partial charge in [-0.15, -0.1) is 0 Å². The van der Waals surface area contributed by atoms with E-state index in [9.17, 15) is 4.79 Å². The van der Waals surface area contributed by atoms with E-state index in [1.807, 2.05) is 0 Å². The van der Waals surface area contributed by atoms with Gasteiger partial charge in [-0.25, -0.2) is 0 Å². The van der Waals surface area contributed by atoms with E-state index in [1.165, 1.54) is 0 Å². The zero-order valence-corrected chi connectivity index (χ0v) is 10.2. The number of likely N-dealkylation sites (N-methyl/N-ethyl adjacent to an activating group) is 1. The third-order valence-electron chi connectivity index (χ3n) is 2.97. The number of hydrogen-bond donors (Lipinski definition) is 0. The van der Waals surface area contributed by atoms with E-state index in [1.54, 1.807) is 25.3 Å². The van der Waals surface area contributed by atoms with E-state index < -0.39 is 0 Å². The number of likely N-dealkylation sites (tertiary alicyclic amines) is 1. The number of carbonyl (C=O) groups excluding carboxylic acids is 1. The summed E-state index contributed by atoms with van der Waals surface area (Å²) in [5.74, 6) is 1.32. The molecular formula is C13H17NO3. The topological polar surface area (TPSA) is 38.8 Å². The second-order valence-corrected chi connectivity index (χ2v) is 4.32. The van der Waals surface area contributed by atoms with Crippen LogP contribution in [0.1, 0.15) is 16.8 Å². The largest absolute Gasteiger partial charge is 0.493 e. The smallest absolute Gasteiger partial charge is 0.162 e. The average molecular weight is 235 g/mol. The SMILES string of the molecule is COc1ccc(C=O)cc1OC1CCN(C)C1. The van der Waals surface area contributed by atoms with Gasteiger partial charge in [0.05, 0.1) is 7.11 Å². The first-order valence-corrected chi connectivity index (χ1v) is 5.71. The molecule has 1 unspecified atom stereocenters. The molecule has 17 heavy (non-hydrogen) atoms. The lowest BCUT2D eigenvalue weighted by Crippen LogP contribution is -2.21. The molecule has 1 aliphatic rings. The van der Waals surface area contributed by atoms with Crippen LogP contribution >= 0.6 is 0 Å². The summed E-state index contributed by atoms with van der Waals surface area (Å²) in [5.41, 5.74) is 0.604. The monoisotopic (exact) mass is 235 g/mol. The van der Waals surface area contributed by atoms with Crippen molar-refractivity contribution in [1.29, 1.82) is 0 Å². The number of nitrogens with zero attached hydrogens (tertiary/aromatic N) is 1. The third kappa shape index (κ3) is 2.77. The molecule has 1 heterocycles. The molecule has 0 saturated carbocycles. The molecular weight excluding hydrogens is 218 g/mol. The maximum absolute atomic E-state index is 10.7. The number of methoxy groups -OCH3 is 1. The molecule has 1 aliphatic heterocycles. The van der Waals surface area contributed by atoms with Crippen molar-refractivity contribution in [3.05, 3.63) is 23.8 Å². The second kappa shape index (κ2) is 5.19. The van der Waals surface area contributed by atoms with E-state index in [0.29, 0.717) is 17.1 Å². The Hall–Kier alpha value is -1.55. The summed E-state index contributed by atoms with van der Waals surface area (Å²) in [5, 5.41) is 0. The Labute approximate surface area is 101 Å². The van der Waals surface area contributed by atoms with Crippen molar-refractivity contribution in [3.63, 3.8) is 0 Å². The molecule has 0 N–H and O–H groups in total. The summed E-state index contributed by atoms with van der Waals surface area (Å²) in [6.07, 6.45) is 1.99. The van der Waals surface area contributed by atoms with Crippen LogP contribution in [0.15, 0.2) is 18.2 Å². The van der Waals surface area contributed by atoms with E-state index >= 15 is 0 Å². The molecule has 0 aliphatic carbocycles. The van der Waals surface area contributed by atoms with Crippen LogP contribution < -0.4 is 9.47 Å². The molecule has 0 radical (unpaired) electrons. The van der Waals surface area contributed by atoms with Gasteiger partial charge in [0, 0.05) is 18.7 Å². The lowest BCUT2D eigenvalue weighted by molar-refractivity contribution is 0.112. The predicted molar refractivity (Wildman–Crippen MR) is 64.9 cm³/mol. The Morgan fingerprint density at radius 1 is 1.41 bits per heavy atom.